The fraction of sp³-hybridized carbons (Fsp3) is 0.292. The van der Waals surface area contributed by atoms with Gasteiger partial charge in [-0.1, -0.05) is 26.0 Å². The summed E-state index contributed by atoms with van der Waals surface area (Å²) in [5, 5.41) is 0. The van der Waals surface area contributed by atoms with Gasteiger partial charge >= 0.3 is 0 Å². The van der Waals surface area contributed by atoms with E-state index in [1.165, 1.54) is 24.3 Å². The normalized spacial score (nSPS) is 12.2. The summed E-state index contributed by atoms with van der Waals surface area (Å²) >= 11 is 0. The van der Waals surface area contributed by atoms with Crippen LogP contribution in [0.15, 0.2) is 81.5 Å². The number of sulfonamides is 1. The highest BCUT2D eigenvalue weighted by molar-refractivity contribution is 7.91. The zero-order valence-corrected chi connectivity index (χ0v) is 20.8. The number of anilines is 1. The van der Waals surface area contributed by atoms with E-state index in [-0.39, 0.29) is 27.1 Å². The van der Waals surface area contributed by atoms with E-state index < -0.39 is 19.9 Å². The molecule has 0 spiro atoms. The van der Waals surface area contributed by atoms with Gasteiger partial charge in [0.15, 0.2) is 0 Å². The third-order valence-corrected chi connectivity index (χ3v) is 8.55. The van der Waals surface area contributed by atoms with Crippen molar-refractivity contribution >= 4 is 25.5 Å². The molecule has 9 heteroatoms. The van der Waals surface area contributed by atoms with Gasteiger partial charge in [0.2, 0.25) is 19.9 Å². The van der Waals surface area contributed by atoms with Gasteiger partial charge in [0.1, 0.15) is 0 Å². The van der Waals surface area contributed by atoms with Gasteiger partial charge in [-0.05, 0) is 60.0 Å². The molecule has 1 N–H and O–H groups in total. The lowest BCUT2D eigenvalue weighted by atomic mass is 10.0. The highest BCUT2D eigenvalue weighted by Crippen LogP contribution is 2.30. The number of aromatic nitrogens is 1. The summed E-state index contributed by atoms with van der Waals surface area (Å²) in [7, 11) is -4.09. The Morgan fingerprint density at radius 2 is 1.58 bits per heavy atom. The second-order valence-corrected chi connectivity index (χ2v) is 11.9. The van der Waals surface area contributed by atoms with Crippen LogP contribution in [0.25, 0.3) is 0 Å². The first-order chi connectivity index (χ1) is 15.5. The molecule has 1 heterocycles. The number of nitrogens with one attached hydrogen (secondary N) is 1. The van der Waals surface area contributed by atoms with Crippen LogP contribution < -0.4 is 9.62 Å². The maximum absolute atomic E-state index is 13.2. The van der Waals surface area contributed by atoms with Crippen molar-refractivity contribution in [2.24, 2.45) is 0 Å². The molecule has 0 saturated heterocycles. The zero-order chi connectivity index (χ0) is 24.2. The van der Waals surface area contributed by atoms with Crippen LogP contribution >= 0.6 is 0 Å². The molecule has 0 unspecified atom stereocenters. The van der Waals surface area contributed by atoms with Crippen molar-refractivity contribution in [2.75, 3.05) is 25.5 Å². The Morgan fingerprint density at radius 3 is 2.15 bits per heavy atom. The monoisotopic (exact) mass is 487 g/mol. The average molecular weight is 488 g/mol. The highest BCUT2D eigenvalue weighted by Gasteiger charge is 2.25. The molecule has 0 fully saturated rings. The van der Waals surface area contributed by atoms with Crippen LogP contribution in [0.1, 0.15) is 31.0 Å². The molecule has 7 nitrogen and oxygen atoms in total. The van der Waals surface area contributed by atoms with Gasteiger partial charge in [-0.3, -0.25) is 4.98 Å². The molecule has 176 valence electrons. The molecular formula is C24H29N3O4S2. The minimum absolute atomic E-state index is 0.0236. The summed E-state index contributed by atoms with van der Waals surface area (Å²) in [6.45, 7) is 3.90. The van der Waals surface area contributed by atoms with E-state index in [0.29, 0.717) is 12.0 Å². The Labute approximate surface area is 196 Å². The van der Waals surface area contributed by atoms with Crippen molar-refractivity contribution in [3.8, 4) is 0 Å². The Balaban J connectivity index is 1.94. The quantitative estimate of drug-likeness (QED) is 0.495. The van der Waals surface area contributed by atoms with E-state index in [9.17, 15) is 16.8 Å². The van der Waals surface area contributed by atoms with E-state index in [1.807, 2.05) is 45.0 Å². The summed E-state index contributed by atoms with van der Waals surface area (Å²) in [6, 6.07) is 16.3. The summed E-state index contributed by atoms with van der Waals surface area (Å²) in [4.78, 5) is 6.09. The number of nitrogens with zero attached hydrogens (tertiary/aromatic N) is 2. The first kappa shape index (κ1) is 24.9. The number of benzene rings is 2. The van der Waals surface area contributed by atoms with Crippen LogP contribution in [0.5, 0.6) is 0 Å². The van der Waals surface area contributed by atoms with Crippen molar-refractivity contribution in [3.63, 3.8) is 0 Å². The minimum atomic E-state index is -3.94. The SMILES string of the molecule is CC(C)c1ccc(S(=O)(=O)c2ccc(N(C)C)cc2)cc1S(=O)(=O)NCCc1ccccn1. The summed E-state index contributed by atoms with van der Waals surface area (Å²) in [5.41, 5.74) is 2.19. The molecule has 0 aliphatic heterocycles. The summed E-state index contributed by atoms with van der Waals surface area (Å²) < 4.78 is 55.4. The van der Waals surface area contributed by atoms with Crippen molar-refractivity contribution < 1.29 is 16.8 Å². The molecule has 2 aromatic carbocycles. The molecule has 0 saturated carbocycles. The van der Waals surface area contributed by atoms with Gasteiger partial charge < -0.3 is 4.90 Å². The van der Waals surface area contributed by atoms with Crippen molar-refractivity contribution in [1.82, 2.24) is 9.71 Å². The van der Waals surface area contributed by atoms with Crippen molar-refractivity contribution in [2.45, 2.75) is 40.9 Å². The fourth-order valence-electron chi connectivity index (χ4n) is 3.39. The standard InChI is InChI=1S/C24H29N3O4S2/c1-18(2)23-13-12-22(32(28,29)21-10-8-20(9-11-21)27(3)4)17-24(23)33(30,31)26-16-14-19-7-5-6-15-25-19/h5-13,15,17-18,26H,14,16H2,1-4H3. The lowest BCUT2D eigenvalue weighted by Gasteiger charge is -2.16. The fourth-order valence-corrected chi connectivity index (χ4v) is 6.17. The van der Waals surface area contributed by atoms with Gasteiger partial charge in [-0.2, -0.15) is 0 Å². The largest absolute Gasteiger partial charge is 0.378 e. The molecule has 1 aromatic heterocycles. The van der Waals surface area contributed by atoms with E-state index in [0.717, 1.165) is 11.4 Å². The highest BCUT2D eigenvalue weighted by atomic mass is 32.2. The number of sulfone groups is 1. The molecule has 3 rings (SSSR count). The van der Waals surface area contributed by atoms with Crippen LogP contribution in [0, 0.1) is 0 Å². The van der Waals surface area contributed by atoms with E-state index in [4.69, 9.17) is 0 Å². The Morgan fingerprint density at radius 1 is 0.909 bits per heavy atom. The van der Waals surface area contributed by atoms with Gasteiger partial charge in [-0.25, -0.2) is 21.6 Å². The van der Waals surface area contributed by atoms with Crippen LogP contribution in [0.4, 0.5) is 5.69 Å². The second-order valence-electron chi connectivity index (χ2n) is 8.21. The van der Waals surface area contributed by atoms with Gasteiger partial charge in [0.25, 0.3) is 0 Å². The average Bonchev–Trinajstić information content (AvgIpc) is 2.79. The molecular weight excluding hydrogens is 458 g/mol. The third-order valence-electron chi connectivity index (χ3n) is 5.27. The van der Waals surface area contributed by atoms with Crippen molar-refractivity contribution in [1.29, 1.82) is 0 Å². The molecule has 0 atom stereocenters. The zero-order valence-electron chi connectivity index (χ0n) is 19.2. The predicted octanol–water partition coefficient (Wildman–Crippen LogP) is 3.62. The minimum Gasteiger partial charge on any atom is -0.378 e. The van der Waals surface area contributed by atoms with Gasteiger partial charge in [0, 0.05) is 44.6 Å². The van der Waals surface area contributed by atoms with E-state index in [1.54, 1.807) is 30.5 Å². The topological polar surface area (TPSA) is 96.4 Å². The van der Waals surface area contributed by atoms with Crippen LogP contribution in [-0.4, -0.2) is 42.5 Å². The lowest BCUT2D eigenvalue weighted by Crippen LogP contribution is -2.27. The number of hydrogen-bond acceptors (Lipinski definition) is 6. The van der Waals surface area contributed by atoms with Gasteiger partial charge in [-0.15, -0.1) is 0 Å². The molecule has 0 amide bonds. The number of hydrogen-bond donors (Lipinski definition) is 1. The maximum atomic E-state index is 13.2. The van der Waals surface area contributed by atoms with Crippen LogP contribution in [-0.2, 0) is 26.3 Å². The molecule has 0 aliphatic rings. The Hall–Kier alpha value is -2.75. The Kier molecular flexibility index (Phi) is 7.56. The number of pyridine rings is 1. The molecule has 0 radical (unpaired) electrons. The predicted molar refractivity (Wildman–Crippen MR) is 130 cm³/mol. The van der Waals surface area contributed by atoms with E-state index in [2.05, 4.69) is 9.71 Å². The number of rotatable bonds is 9. The molecule has 0 aliphatic carbocycles. The maximum Gasteiger partial charge on any atom is 0.240 e. The summed E-state index contributed by atoms with van der Waals surface area (Å²) in [5.74, 6) is -0.108. The summed E-state index contributed by atoms with van der Waals surface area (Å²) in [6.07, 6.45) is 2.08. The molecule has 0 bridgehead atoms. The molecule has 33 heavy (non-hydrogen) atoms. The first-order valence-electron chi connectivity index (χ1n) is 10.6. The van der Waals surface area contributed by atoms with Crippen LogP contribution in [0.3, 0.4) is 0 Å². The first-order valence-corrected chi connectivity index (χ1v) is 13.5. The molecule has 3 aromatic rings. The van der Waals surface area contributed by atoms with E-state index >= 15 is 0 Å². The van der Waals surface area contributed by atoms with Crippen molar-refractivity contribution in [3.05, 3.63) is 78.1 Å². The van der Waals surface area contributed by atoms with Crippen LogP contribution in [0.2, 0.25) is 0 Å². The smallest absolute Gasteiger partial charge is 0.240 e. The third kappa shape index (κ3) is 5.79. The lowest BCUT2D eigenvalue weighted by molar-refractivity contribution is 0.578. The van der Waals surface area contributed by atoms with Gasteiger partial charge in [0.05, 0.1) is 14.7 Å². The Bertz CT molecular complexity index is 1300. The second kappa shape index (κ2) is 10.0.